The van der Waals surface area contributed by atoms with Gasteiger partial charge in [-0.1, -0.05) is 19.3 Å². The van der Waals surface area contributed by atoms with Crippen molar-refractivity contribution in [2.24, 2.45) is 11.7 Å². The van der Waals surface area contributed by atoms with Gasteiger partial charge in [0.2, 0.25) is 11.8 Å². The van der Waals surface area contributed by atoms with Gasteiger partial charge in [-0.3, -0.25) is 9.59 Å². The molecule has 2 rings (SSSR count). The number of hydrogen-bond donors (Lipinski definition) is 3. The van der Waals surface area contributed by atoms with Crippen LogP contribution in [0.1, 0.15) is 51.9 Å². The number of urea groups is 1. The highest BCUT2D eigenvalue weighted by molar-refractivity contribution is 5.86. The minimum absolute atomic E-state index is 0.0135. The highest BCUT2D eigenvalue weighted by atomic mass is 16.2. The van der Waals surface area contributed by atoms with Gasteiger partial charge in [0.15, 0.2) is 0 Å². The molecule has 1 saturated heterocycles. The van der Waals surface area contributed by atoms with Gasteiger partial charge >= 0.3 is 6.03 Å². The molecule has 1 aliphatic carbocycles. The van der Waals surface area contributed by atoms with E-state index in [1.165, 1.54) is 19.3 Å². The van der Waals surface area contributed by atoms with Crippen LogP contribution in [0.4, 0.5) is 4.79 Å². The Balaban J connectivity index is 1.75. The van der Waals surface area contributed by atoms with Crippen LogP contribution in [0, 0.1) is 5.92 Å². The number of nitrogens with one attached hydrogen (secondary N) is 2. The fourth-order valence-electron chi connectivity index (χ4n) is 3.48. The van der Waals surface area contributed by atoms with E-state index in [-0.39, 0.29) is 17.7 Å². The predicted octanol–water partition coefficient (Wildman–Crippen LogP) is 0.731. The third kappa shape index (κ3) is 5.11. The first-order valence-corrected chi connectivity index (χ1v) is 8.62. The summed E-state index contributed by atoms with van der Waals surface area (Å²) in [6.07, 6.45) is 7.18. The number of nitrogens with two attached hydrogens (primary N) is 1. The lowest BCUT2D eigenvalue weighted by Crippen LogP contribution is -2.52. The van der Waals surface area contributed by atoms with Gasteiger partial charge in [-0.2, -0.15) is 0 Å². The zero-order valence-corrected chi connectivity index (χ0v) is 13.8. The summed E-state index contributed by atoms with van der Waals surface area (Å²) in [5.74, 6) is -0.0253. The maximum absolute atomic E-state index is 12.3. The van der Waals surface area contributed by atoms with Gasteiger partial charge < -0.3 is 21.3 Å². The fraction of sp³-hybridized carbons (Fsp3) is 0.812. The molecular weight excluding hydrogens is 296 g/mol. The summed E-state index contributed by atoms with van der Waals surface area (Å²) < 4.78 is 0. The minimum atomic E-state index is -0.701. The van der Waals surface area contributed by atoms with Gasteiger partial charge in [0.1, 0.15) is 6.04 Å². The quantitative estimate of drug-likeness (QED) is 0.710. The van der Waals surface area contributed by atoms with Crippen molar-refractivity contribution >= 4 is 17.8 Å². The van der Waals surface area contributed by atoms with Crippen LogP contribution in [-0.2, 0) is 9.59 Å². The monoisotopic (exact) mass is 324 g/mol. The lowest BCUT2D eigenvalue weighted by atomic mass is 9.92. The smallest absolute Gasteiger partial charge is 0.312 e. The molecule has 7 nitrogen and oxygen atoms in total. The molecular formula is C16H28N4O3. The Labute approximate surface area is 137 Å². The third-order valence-electron chi connectivity index (χ3n) is 4.86. The molecule has 2 aliphatic rings. The van der Waals surface area contributed by atoms with Crippen molar-refractivity contribution in [2.75, 3.05) is 13.1 Å². The average molecular weight is 324 g/mol. The summed E-state index contributed by atoms with van der Waals surface area (Å²) in [6.45, 7) is 2.72. The van der Waals surface area contributed by atoms with E-state index in [1.807, 2.05) is 0 Å². The van der Waals surface area contributed by atoms with Crippen molar-refractivity contribution in [1.82, 2.24) is 15.5 Å². The molecule has 4 N–H and O–H groups in total. The number of carbonyl (C=O) groups excluding carboxylic acids is 3. The zero-order valence-electron chi connectivity index (χ0n) is 13.8. The molecule has 2 fully saturated rings. The Hall–Kier alpha value is -1.79. The molecule has 0 radical (unpaired) electrons. The number of nitrogens with zero attached hydrogens (tertiary/aromatic N) is 1. The van der Waals surface area contributed by atoms with Crippen molar-refractivity contribution in [2.45, 2.75) is 64.0 Å². The lowest BCUT2D eigenvalue weighted by Gasteiger charge is -2.34. The molecule has 4 amide bonds. The standard InChI is InChI=1S/C16H28N4O3/c1-11(18-16(17)23)15(22)20-9-7-12(8-10-20)14(21)19-13-5-3-2-4-6-13/h11-13H,2-10H2,1H3,(H,19,21)(H3,17,18,23). The Kier molecular flexibility index (Phi) is 6.24. The van der Waals surface area contributed by atoms with Gasteiger partial charge in [-0.05, 0) is 32.6 Å². The van der Waals surface area contributed by atoms with E-state index in [9.17, 15) is 14.4 Å². The van der Waals surface area contributed by atoms with E-state index in [2.05, 4.69) is 10.6 Å². The van der Waals surface area contributed by atoms with Crippen molar-refractivity contribution in [3.63, 3.8) is 0 Å². The molecule has 1 atom stereocenters. The second-order valence-corrected chi connectivity index (χ2v) is 6.67. The van der Waals surface area contributed by atoms with E-state index in [0.29, 0.717) is 32.0 Å². The molecule has 130 valence electrons. The number of hydrogen-bond acceptors (Lipinski definition) is 3. The van der Waals surface area contributed by atoms with Crippen LogP contribution >= 0.6 is 0 Å². The minimum Gasteiger partial charge on any atom is -0.353 e. The van der Waals surface area contributed by atoms with Crippen LogP contribution in [0.5, 0.6) is 0 Å². The van der Waals surface area contributed by atoms with Crippen molar-refractivity contribution in [1.29, 1.82) is 0 Å². The number of carbonyl (C=O) groups is 3. The largest absolute Gasteiger partial charge is 0.353 e. The molecule has 1 saturated carbocycles. The first-order chi connectivity index (χ1) is 11.0. The summed E-state index contributed by atoms with van der Waals surface area (Å²) >= 11 is 0. The van der Waals surface area contributed by atoms with E-state index in [0.717, 1.165) is 12.8 Å². The van der Waals surface area contributed by atoms with Crippen LogP contribution < -0.4 is 16.4 Å². The molecule has 0 bridgehead atoms. The molecule has 0 aromatic rings. The molecule has 23 heavy (non-hydrogen) atoms. The second kappa shape index (κ2) is 8.17. The van der Waals surface area contributed by atoms with E-state index in [1.54, 1.807) is 11.8 Å². The lowest BCUT2D eigenvalue weighted by molar-refractivity contribution is -0.137. The van der Waals surface area contributed by atoms with Gasteiger partial charge in [0.25, 0.3) is 0 Å². The maximum atomic E-state index is 12.3. The Morgan fingerprint density at radius 2 is 1.65 bits per heavy atom. The molecule has 0 spiro atoms. The van der Waals surface area contributed by atoms with Gasteiger partial charge in [0, 0.05) is 25.0 Å². The first-order valence-electron chi connectivity index (χ1n) is 8.62. The SMILES string of the molecule is CC(NC(N)=O)C(=O)N1CCC(C(=O)NC2CCCCC2)CC1. The Morgan fingerprint density at radius 3 is 2.22 bits per heavy atom. The van der Waals surface area contributed by atoms with Crippen molar-refractivity contribution < 1.29 is 14.4 Å². The maximum Gasteiger partial charge on any atom is 0.312 e. The number of amides is 4. The van der Waals surface area contributed by atoms with Crippen molar-refractivity contribution in [3.8, 4) is 0 Å². The number of likely N-dealkylation sites (tertiary alicyclic amines) is 1. The summed E-state index contributed by atoms with van der Waals surface area (Å²) in [7, 11) is 0. The second-order valence-electron chi connectivity index (χ2n) is 6.67. The van der Waals surface area contributed by atoms with Crippen LogP contribution in [0.25, 0.3) is 0 Å². The predicted molar refractivity (Wildman–Crippen MR) is 86.5 cm³/mol. The topological polar surface area (TPSA) is 105 Å². The van der Waals surface area contributed by atoms with Crippen LogP contribution in [0.3, 0.4) is 0 Å². The highest BCUT2D eigenvalue weighted by Gasteiger charge is 2.30. The Morgan fingerprint density at radius 1 is 1.04 bits per heavy atom. The average Bonchev–Trinajstić information content (AvgIpc) is 2.54. The van der Waals surface area contributed by atoms with Gasteiger partial charge in [-0.25, -0.2) is 4.79 Å². The van der Waals surface area contributed by atoms with Gasteiger partial charge in [0.05, 0.1) is 0 Å². The van der Waals surface area contributed by atoms with Crippen molar-refractivity contribution in [3.05, 3.63) is 0 Å². The number of rotatable bonds is 4. The summed E-state index contributed by atoms with van der Waals surface area (Å²) in [4.78, 5) is 37.0. The van der Waals surface area contributed by atoms with E-state index >= 15 is 0 Å². The molecule has 1 aliphatic heterocycles. The Bertz CT molecular complexity index is 441. The van der Waals surface area contributed by atoms with E-state index in [4.69, 9.17) is 5.73 Å². The molecule has 1 unspecified atom stereocenters. The van der Waals surface area contributed by atoms with E-state index < -0.39 is 12.1 Å². The normalized spacial score (nSPS) is 21.5. The molecule has 7 heteroatoms. The number of primary amides is 1. The summed E-state index contributed by atoms with van der Waals surface area (Å²) in [5.41, 5.74) is 5.04. The highest BCUT2D eigenvalue weighted by Crippen LogP contribution is 2.21. The third-order valence-corrected chi connectivity index (χ3v) is 4.86. The zero-order chi connectivity index (χ0) is 16.8. The molecule has 0 aromatic heterocycles. The van der Waals surface area contributed by atoms with Crippen LogP contribution in [0.2, 0.25) is 0 Å². The summed E-state index contributed by atoms with van der Waals surface area (Å²) in [6, 6.07) is -0.997. The molecule has 1 heterocycles. The number of piperidine rings is 1. The van der Waals surface area contributed by atoms with Crippen LogP contribution in [0.15, 0.2) is 0 Å². The summed E-state index contributed by atoms with van der Waals surface area (Å²) in [5, 5.41) is 5.56. The molecule has 0 aromatic carbocycles. The van der Waals surface area contributed by atoms with Gasteiger partial charge in [-0.15, -0.1) is 0 Å². The first kappa shape index (κ1) is 17.6. The van der Waals surface area contributed by atoms with Crippen LogP contribution in [-0.4, -0.2) is 47.9 Å². The fourth-order valence-corrected chi connectivity index (χ4v) is 3.48.